The molecule has 3 rings (SSSR count). The minimum Gasteiger partial charge on any atom is -0.291 e. The molecule has 3 nitrogen and oxygen atoms in total. The van der Waals surface area contributed by atoms with Gasteiger partial charge in [0.1, 0.15) is 18.0 Å². The molecule has 1 N–H and O–H groups in total. The van der Waals surface area contributed by atoms with Gasteiger partial charge in [-0.2, -0.15) is 0 Å². The lowest BCUT2D eigenvalue weighted by Gasteiger charge is -2.14. The fraction of sp³-hybridized carbons (Fsp3) is 0.0625. The van der Waals surface area contributed by atoms with Crippen molar-refractivity contribution in [3.05, 3.63) is 70.1 Å². The van der Waals surface area contributed by atoms with Gasteiger partial charge in [-0.1, -0.05) is 23.2 Å². The molecule has 118 valence electrons. The number of hydrogen-bond donors (Lipinski definition) is 1. The summed E-state index contributed by atoms with van der Waals surface area (Å²) in [5.74, 6) is -1.30. The maximum Gasteiger partial charge on any atom is 0.135 e. The molecule has 1 aromatic heterocycles. The normalized spacial score (nSPS) is 10.8. The summed E-state index contributed by atoms with van der Waals surface area (Å²) in [4.78, 5) is 4.17. The van der Waals surface area contributed by atoms with Crippen molar-refractivity contribution >= 4 is 28.9 Å². The van der Waals surface area contributed by atoms with Crippen LogP contribution in [-0.4, -0.2) is 9.66 Å². The van der Waals surface area contributed by atoms with Crippen molar-refractivity contribution in [3.8, 4) is 11.3 Å². The van der Waals surface area contributed by atoms with Crippen LogP contribution >= 0.6 is 23.2 Å². The third-order valence-corrected chi connectivity index (χ3v) is 3.86. The summed E-state index contributed by atoms with van der Waals surface area (Å²) in [6, 6.07) is 8.37. The van der Waals surface area contributed by atoms with Gasteiger partial charge in [0, 0.05) is 16.7 Å². The standard InChI is InChI=1S/C16H11Cl2F2N3/c1-9-16(12-4-3-11(19)7-14(12)20)23(8-21-9)22-15-5-2-10(17)6-13(15)18/h2-8,22H,1H3. The number of rotatable bonds is 3. The minimum absolute atomic E-state index is 0.235. The maximum atomic E-state index is 14.1. The zero-order chi connectivity index (χ0) is 16.6. The van der Waals surface area contributed by atoms with Crippen molar-refractivity contribution in [1.82, 2.24) is 9.66 Å². The second-order valence-corrected chi connectivity index (χ2v) is 5.75. The average molecular weight is 354 g/mol. The lowest BCUT2D eigenvalue weighted by Crippen LogP contribution is -2.10. The molecule has 2 aromatic carbocycles. The van der Waals surface area contributed by atoms with E-state index in [4.69, 9.17) is 23.2 Å². The van der Waals surface area contributed by atoms with Gasteiger partial charge >= 0.3 is 0 Å². The van der Waals surface area contributed by atoms with Crippen LogP contribution in [0, 0.1) is 18.6 Å². The highest BCUT2D eigenvalue weighted by molar-refractivity contribution is 6.36. The van der Waals surface area contributed by atoms with Gasteiger partial charge in [0.15, 0.2) is 0 Å². The molecule has 0 unspecified atom stereocenters. The number of aromatic nitrogens is 2. The predicted molar refractivity (Wildman–Crippen MR) is 87.8 cm³/mol. The van der Waals surface area contributed by atoms with Gasteiger partial charge in [0.05, 0.1) is 22.1 Å². The van der Waals surface area contributed by atoms with Gasteiger partial charge in [-0.15, -0.1) is 0 Å². The summed E-state index contributed by atoms with van der Waals surface area (Å²) in [5.41, 5.74) is 4.92. The molecule has 0 radical (unpaired) electrons. The van der Waals surface area contributed by atoms with E-state index in [2.05, 4.69) is 10.4 Å². The first-order valence-electron chi connectivity index (χ1n) is 6.67. The molecule has 0 amide bonds. The minimum atomic E-state index is -0.668. The molecule has 0 saturated heterocycles. The number of anilines is 1. The summed E-state index contributed by atoms with van der Waals surface area (Å²) in [5, 5.41) is 0.918. The highest BCUT2D eigenvalue weighted by Crippen LogP contribution is 2.29. The van der Waals surface area contributed by atoms with Crippen LogP contribution in [-0.2, 0) is 0 Å². The quantitative estimate of drug-likeness (QED) is 0.690. The second-order valence-electron chi connectivity index (χ2n) is 4.91. The molecular formula is C16H11Cl2F2N3. The van der Waals surface area contributed by atoms with E-state index < -0.39 is 11.6 Å². The molecule has 0 aliphatic carbocycles. The van der Waals surface area contributed by atoms with Crippen LogP contribution in [0.1, 0.15) is 5.69 Å². The van der Waals surface area contributed by atoms with Crippen LogP contribution in [0.5, 0.6) is 0 Å². The fourth-order valence-electron chi connectivity index (χ4n) is 2.24. The topological polar surface area (TPSA) is 29.9 Å². The van der Waals surface area contributed by atoms with E-state index in [0.29, 0.717) is 27.1 Å². The second kappa shape index (κ2) is 6.18. The van der Waals surface area contributed by atoms with Gasteiger partial charge in [-0.25, -0.2) is 18.4 Å². The smallest absolute Gasteiger partial charge is 0.135 e. The van der Waals surface area contributed by atoms with Crippen molar-refractivity contribution in [2.24, 2.45) is 0 Å². The van der Waals surface area contributed by atoms with Crippen LogP contribution in [0.3, 0.4) is 0 Å². The Bertz CT molecular complexity index is 878. The van der Waals surface area contributed by atoms with Crippen LogP contribution in [0.2, 0.25) is 10.0 Å². The number of benzene rings is 2. The summed E-state index contributed by atoms with van der Waals surface area (Å²) < 4.78 is 28.7. The van der Waals surface area contributed by atoms with E-state index in [9.17, 15) is 8.78 Å². The summed E-state index contributed by atoms with van der Waals surface area (Å²) >= 11 is 12.0. The Balaban J connectivity index is 2.05. The molecule has 0 bridgehead atoms. The molecule has 0 saturated carbocycles. The van der Waals surface area contributed by atoms with Crippen molar-refractivity contribution in [2.75, 3.05) is 5.43 Å². The first-order valence-corrected chi connectivity index (χ1v) is 7.43. The van der Waals surface area contributed by atoms with Crippen LogP contribution in [0.4, 0.5) is 14.5 Å². The lowest BCUT2D eigenvalue weighted by atomic mass is 10.1. The fourth-order valence-corrected chi connectivity index (χ4v) is 2.69. The van der Waals surface area contributed by atoms with Gasteiger partial charge < -0.3 is 0 Å². The highest BCUT2D eigenvalue weighted by atomic mass is 35.5. The largest absolute Gasteiger partial charge is 0.291 e. The number of hydrogen-bond acceptors (Lipinski definition) is 2. The number of nitrogens with one attached hydrogen (secondary N) is 1. The molecule has 0 atom stereocenters. The summed E-state index contributed by atoms with van der Waals surface area (Å²) in [6.07, 6.45) is 1.50. The molecule has 23 heavy (non-hydrogen) atoms. The number of halogens is 4. The first-order chi connectivity index (χ1) is 11.0. The van der Waals surface area contributed by atoms with Crippen molar-refractivity contribution < 1.29 is 8.78 Å². The zero-order valence-corrected chi connectivity index (χ0v) is 13.5. The van der Waals surface area contributed by atoms with E-state index in [-0.39, 0.29) is 5.56 Å². The molecule has 0 aliphatic rings. The Kier molecular flexibility index (Phi) is 4.24. The molecule has 0 fully saturated rings. The molecule has 1 heterocycles. The third-order valence-electron chi connectivity index (χ3n) is 3.31. The number of aryl methyl sites for hydroxylation is 1. The van der Waals surface area contributed by atoms with Crippen molar-refractivity contribution in [3.63, 3.8) is 0 Å². The van der Waals surface area contributed by atoms with E-state index in [1.54, 1.807) is 25.1 Å². The average Bonchev–Trinajstić information content (AvgIpc) is 2.83. The predicted octanol–water partition coefficient (Wildman–Crippen LogP) is 5.32. The molecular weight excluding hydrogens is 343 g/mol. The Morgan fingerprint density at radius 3 is 2.57 bits per heavy atom. The monoisotopic (exact) mass is 353 g/mol. The zero-order valence-electron chi connectivity index (χ0n) is 11.9. The summed E-state index contributed by atoms with van der Waals surface area (Å²) in [6.45, 7) is 1.74. The van der Waals surface area contributed by atoms with E-state index in [1.165, 1.54) is 23.1 Å². The van der Waals surface area contributed by atoms with Crippen LogP contribution in [0.15, 0.2) is 42.7 Å². The van der Waals surface area contributed by atoms with E-state index >= 15 is 0 Å². The third kappa shape index (κ3) is 3.16. The van der Waals surface area contributed by atoms with Crippen molar-refractivity contribution in [2.45, 2.75) is 6.92 Å². The van der Waals surface area contributed by atoms with Gasteiger partial charge in [-0.05, 0) is 37.3 Å². The molecule has 0 aliphatic heterocycles. The van der Waals surface area contributed by atoms with Gasteiger partial charge in [-0.3, -0.25) is 5.43 Å². The maximum absolute atomic E-state index is 14.1. The SMILES string of the molecule is Cc1ncn(Nc2ccc(Cl)cc2Cl)c1-c1ccc(F)cc1F. The molecule has 0 spiro atoms. The molecule has 7 heteroatoms. The van der Waals surface area contributed by atoms with Gasteiger partial charge in [0.25, 0.3) is 0 Å². The lowest BCUT2D eigenvalue weighted by molar-refractivity contribution is 0.585. The Morgan fingerprint density at radius 2 is 1.87 bits per heavy atom. The highest BCUT2D eigenvalue weighted by Gasteiger charge is 2.15. The Hall–Kier alpha value is -2.11. The van der Waals surface area contributed by atoms with Crippen LogP contribution < -0.4 is 5.43 Å². The Labute approximate surface area is 141 Å². The van der Waals surface area contributed by atoms with Gasteiger partial charge in [0.2, 0.25) is 0 Å². The summed E-state index contributed by atoms with van der Waals surface area (Å²) in [7, 11) is 0. The number of nitrogens with zero attached hydrogens (tertiary/aromatic N) is 2. The van der Waals surface area contributed by atoms with Crippen LogP contribution in [0.25, 0.3) is 11.3 Å². The first kappa shape index (κ1) is 15.8. The Morgan fingerprint density at radius 1 is 1.09 bits per heavy atom. The van der Waals surface area contributed by atoms with E-state index in [0.717, 1.165) is 6.07 Å². The molecule has 3 aromatic rings. The van der Waals surface area contributed by atoms with E-state index in [1.807, 2.05) is 0 Å². The number of imidazole rings is 1. The van der Waals surface area contributed by atoms with Crippen molar-refractivity contribution in [1.29, 1.82) is 0 Å².